The molecule has 0 radical (unpaired) electrons. The number of aromatic nitrogens is 2. The van der Waals surface area contributed by atoms with Crippen molar-refractivity contribution in [2.75, 3.05) is 0 Å². The van der Waals surface area contributed by atoms with Crippen molar-refractivity contribution in [3.63, 3.8) is 0 Å². The van der Waals surface area contributed by atoms with E-state index >= 15 is 0 Å². The van der Waals surface area contributed by atoms with Gasteiger partial charge < -0.3 is 0 Å². The van der Waals surface area contributed by atoms with Crippen LogP contribution in [0.25, 0.3) is 11.1 Å². The lowest BCUT2D eigenvalue weighted by Gasteiger charge is -1.97. The van der Waals surface area contributed by atoms with E-state index in [1.807, 2.05) is 18.2 Å². The van der Waals surface area contributed by atoms with E-state index in [4.69, 9.17) is 1.37 Å². The zero-order valence-corrected chi connectivity index (χ0v) is 6.44. The van der Waals surface area contributed by atoms with Gasteiger partial charge in [-0.15, -0.1) is 0 Å². The summed E-state index contributed by atoms with van der Waals surface area (Å²) in [5.74, 6) is 0. The van der Waals surface area contributed by atoms with E-state index in [-0.39, 0.29) is 6.17 Å². The molecule has 12 heavy (non-hydrogen) atoms. The Bertz CT molecular complexity index is 401. The second-order valence-electron chi connectivity index (χ2n) is 2.42. The third kappa shape index (κ3) is 1.32. The molecule has 0 spiro atoms. The lowest BCUT2D eigenvalue weighted by molar-refractivity contribution is 1.30. The molecule has 2 rings (SSSR count). The molecule has 0 aliphatic heterocycles. The van der Waals surface area contributed by atoms with Crippen LogP contribution in [0.3, 0.4) is 0 Å². The third-order valence-electron chi connectivity index (χ3n) is 1.62. The van der Waals surface area contributed by atoms with Gasteiger partial charge in [0, 0.05) is 30.3 Å². The van der Waals surface area contributed by atoms with Crippen LogP contribution in [0.4, 0.5) is 0 Å². The van der Waals surface area contributed by atoms with Crippen LogP contribution in [-0.4, -0.2) is 9.97 Å². The molecule has 0 fully saturated rings. The lowest BCUT2D eigenvalue weighted by Crippen LogP contribution is -1.78. The van der Waals surface area contributed by atoms with E-state index in [9.17, 15) is 0 Å². The highest BCUT2D eigenvalue weighted by atomic mass is 14.6. The number of hydrogen-bond donors (Lipinski definition) is 0. The summed E-state index contributed by atoms with van der Waals surface area (Å²) in [4.78, 5) is 7.82. The molecule has 2 aromatic rings. The molecule has 2 heteroatoms. The van der Waals surface area contributed by atoms with Crippen molar-refractivity contribution in [3.8, 4) is 11.1 Å². The summed E-state index contributed by atoms with van der Waals surface area (Å²) in [5, 5.41) is 0. The molecule has 0 amide bonds. The standard InChI is InChI=1S/C10H8N2/c1-2-10(8-12-5-1)9-3-6-11-7-4-9/h1-8H/i6D. The minimum absolute atomic E-state index is 0.279. The average Bonchev–Trinajstić information content (AvgIpc) is 2.19. The average molecular weight is 157 g/mol. The van der Waals surface area contributed by atoms with Gasteiger partial charge in [-0.05, 0) is 23.8 Å². The fourth-order valence-corrected chi connectivity index (χ4v) is 1.03. The van der Waals surface area contributed by atoms with Crippen LogP contribution in [0, 0.1) is 0 Å². The first-order chi connectivity index (χ1) is 6.36. The molecule has 0 aliphatic rings. The predicted molar refractivity (Wildman–Crippen MR) is 47.5 cm³/mol. The topological polar surface area (TPSA) is 25.8 Å². The van der Waals surface area contributed by atoms with E-state index in [0.717, 1.165) is 11.1 Å². The van der Waals surface area contributed by atoms with Crippen molar-refractivity contribution in [2.24, 2.45) is 0 Å². The van der Waals surface area contributed by atoms with E-state index < -0.39 is 0 Å². The van der Waals surface area contributed by atoms with E-state index in [0.29, 0.717) is 0 Å². The fraction of sp³-hybridized carbons (Fsp3) is 0. The van der Waals surface area contributed by atoms with Gasteiger partial charge >= 0.3 is 0 Å². The molecule has 0 bridgehead atoms. The molecule has 0 saturated heterocycles. The smallest absolute Gasteiger partial charge is 0.0840 e. The summed E-state index contributed by atoms with van der Waals surface area (Å²) in [6.07, 6.45) is 5.41. The molecule has 0 aliphatic carbocycles. The summed E-state index contributed by atoms with van der Waals surface area (Å²) in [6, 6.07) is 7.42. The van der Waals surface area contributed by atoms with Gasteiger partial charge in [-0.3, -0.25) is 9.97 Å². The van der Waals surface area contributed by atoms with Gasteiger partial charge in [0.15, 0.2) is 0 Å². The minimum Gasteiger partial charge on any atom is -0.265 e. The van der Waals surface area contributed by atoms with Crippen LogP contribution in [0.15, 0.2) is 49.0 Å². The molecular formula is C10H8N2. The second-order valence-corrected chi connectivity index (χ2v) is 2.42. The molecule has 2 heterocycles. The Morgan fingerprint density at radius 1 is 1.00 bits per heavy atom. The first-order valence-electron chi connectivity index (χ1n) is 4.19. The Hall–Kier alpha value is -1.70. The van der Waals surface area contributed by atoms with Gasteiger partial charge in [-0.1, -0.05) is 6.07 Å². The van der Waals surface area contributed by atoms with Gasteiger partial charge in [0.25, 0.3) is 0 Å². The fourth-order valence-electron chi connectivity index (χ4n) is 1.03. The minimum atomic E-state index is 0.279. The Kier molecular flexibility index (Phi) is 1.54. The van der Waals surface area contributed by atoms with Crippen LogP contribution >= 0.6 is 0 Å². The van der Waals surface area contributed by atoms with E-state index in [1.54, 1.807) is 24.7 Å². The van der Waals surface area contributed by atoms with Gasteiger partial charge in [0.1, 0.15) is 0 Å². The van der Waals surface area contributed by atoms with Crippen molar-refractivity contribution in [1.29, 1.82) is 0 Å². The van der Waals surface area contributed by atoms with Gasteiger partial charge in [-0.25, -0.2) is 0 Å². The molecular weight excluding hydrogens is 148 g/mol. The highest BCUT2D eigenvalue weighted by molar-refractivity contribution is 5.61. The largest absolute Gasteiger partial charge is 0.265 e. The molecule has 0 atom stereocenters. The number of nitrogens with zero attached hydrogens (tertiary/aromatic N) is 2. The number of hydrogen-bond acceptors (Lipinski definition) is 2. The number of pyridine rings is 2. The van der Waals surface area contributed by atoms with E-state index in [2.05, 4.69) is 9.97 Å². The molecule has 58 valence electrons. The highest BCUT2D eigenvalue weighted by Gasteiger charge is 1.93. The summed E-state index contributed by atoms with van der Waals surface area (Å²) >= 11 is 0. The first kappa shape index (κ1) is 5.89. The van der Waals surface area contributed by atoms with E-state index in [1.165, 1.54) is 0 Å². The Balaban J connectivity index is 2.48. The van der Waals surface area contributed by atoms with Crippen molar-refractivity contribution in [2.45, 2.75) is 0 Å². The SMILES string of the molecule is [2H]c1cc(-c2cccnc2)ccn1. The van der Waals surface area contributed by atoms with Gasteiger partial charge in [0.05, 0.1) is 1.37 Å². The Morgan fingerprint density at radius 2 is 2.00 bits per heavy atom. The van der Waals surface area contributed by atoms with Crippen LogP contribution in [0.5, 0.6) is 0 Å². The predicted octanol–water partition coefficient (Wildman–Crippen LogP) is 2.14. The molecule has 0 saturated carbocycles. The molecule has 2 nitrogen and oxygen atoms in total. The van der Waals surface area contributed by atoms with Gasteiger partial charge in [-0.2, -0.15) is 0 Å². The van der Waals surface area contributed by atoms with Crippen molar-refractivity contribution in [1.82, 2.24) is 9.97 Å². The maximum Gasteiger partial charge on any atom is 0.0840 e. The Morgan fingerprint density at radius 3 is 2.75 bits per heavy atom. The van der Waals surface area contributed by atoms with Gasteiger partial charge in [0.2, 0.25) is 0 Å². The zero-order chi connectivity index (χ0) is 9.10. The highest BCUT2D eigenvalue weighted by Crippen LogP contribution is 2.15. The molecule has 0 unspecified atom stereocenters. The monoisotopic (exact) mass is 157 g/mol. The Labute approximate surface area is 72.3 Å². The number of rotatable bonds is 1. The van der Waals surface area contributed by atoms with Crippen LogP contribution in [-0.2, 0) is 0 Å². The maximum absolute atomic E-state index is 7.35. The third-order valence-corrected chi connectivity index (χ3v) is 1.62. The second kappa shape index (κ2) is 3.13. The summed E-state index contributed by atoms with van der Waals surface area (Å²) in [6.45, 7) is 0. The first-order valence-corrected chi connectivity index (χ1v) is 3.69. The summed E-state index contributed by atoms with van der Waals surface area (Å²) < 4.78 is 7.35. The summed E-state index contributed by atoms with van der Waals surface area (Å²) in [5.41, 5.74) is 1.99. The van der Waals surface area contributed by atoms with Crippen molar-refractivity contribution < 1.29 is 1.37 Å². The van der Waals surface area contributed by atoms with Crippen molar-refractivity contribution >= 4 is 0 Å². The normalized spacial score (nSPS) is 10.8. The molecule has 2 aromatic heterocycles. The van der Waals surface area contributed by atoms with Crippen molar-refractivity contribution in [3.05, 3.63) is 49.0 Å². The van der Waals surface area contributed by atoms with Crippen LogP contribution in [0.1, 0.15) is 1.37 Å². The summed E-state index contributed by atoms with van der Waals surface area (Å²) in [7, 11) is 0. The zero-order valence-electron chi connectivity index (χ0n) is 7.44. The maximum atomic E-state index is 7.35. The quantitative estimate of drug-likeness (QED) is 0.633. The molecule has 0 aromatic carbocycles. The lowest BCUT2D eigenvalue weighted by atomic mass is 10.1. The molecule has 0 N–H and O–H groups in total. The van der Waals surface area contributed by atoms with Crippen LogP contribution in [0.2, 0.25) is 0 Å². The van der Waals surface area contributed by atoms with Crippen LogP contribution < -0.4 is 0 Å².